The molecule has 0 saturated carbocycles. The number of halogens is 1. The highest BCUT2D eigenvalue weighted by molar-refractivity contribution is 5.35. The molecule has 0 fully saturated rings. The molecule has 1 rings (SSSR count). The largest absolute Gasteiger partial charge is 0.490 e. The zero-order chi connectivity index (χ0) is 12.1. The van der Waals surface area contributed by atoms with Gasteiger partial charge in [-0.15, -0.1) is 0 Å². The minimum Gasteiger partial charge on any atom is -0.490 e. The number of hydrogen-bond donors (Lipinski definition) is 1. The predicted octanol–water partition coefficient (Wildman–Crippen LogP) is 3.45. The van der Waals surface area contributed by atoms with Crippen LogP contribution < -0.4 is 4.74 Å². The van der Waals surface area contributed by atoms with E-state index in [2.05, 4.69) is 0 Å². The van der Waals surface area contributed by atoms with Crippen LogP contribution in [0, 0.1) is 5.82 Å². The number of ether oxygens (including phenoxy) is 1. The van der Waals surface area contributed by atoms with Gasteiger partial charge in [-0.25, -0.2) is 4.39 Å². The van der Waals surface area contributed by atoms with E-state index in [9.17, 15) is 9.50 Å². The summed E-state index contributed by atoms with van der Waals surface area (Å²) < 4.78 is 18.8. The summed E-state index contributed by atoms with van der Waals surface area (Å²) in [5, 5.41) is 9.55. The van der Waals surface area contributed by atoms with E-state index in [0.717, 1.165) is 12.8 Å². The average molecular weight is 226 g/mol. The van der Waals surface area contributed by atoms with Crippen molar-refractivity contribution in [1.29, 1.82) is 0 Å². The molecule has 0 saturated heterocycles. The zero-order valence-corrected chi connectivity index (χ0v) is 10.0. The van der Waals surface area contributed by atoms with E-state index in [1.54, 1.807) is 13.0 Å². The van der Waals surface area contributed by atoms with E-state index in [-0.39, 0.29) is 11.9 Å². The normalized spacial score (nSPS) is 12.9. The van der Waals surface area contributed by atoms with Crippen LogP contribution in [0.2, 0.25) is 0 Å². The fourth-order valence-corrected chi connectivity index (χ4v) is 1.59. The van der Waals surface area contributed by atoms with Gasteiger partial charge in [-0.1, -0.05) is 13.8 Å². The second kappa shape index (κ2) is 5.85. The maximum absolute atomic E-state index is 13.1. The quantitative estimate of drug-likeness (QED) is 0.833. The highest BCUT2D eigenvalue weighted by atomic mass is 19.1. The minimum atomic E-state index is -0.648. The zero-order valence-electron chi connectivity index (χ0n) is 10.0. The monoisotopic (exact) mass is 226 g/mol. The Balaban J connectivity index is 2.95. The SMILES string of the molecule is CCC(CC)Oc1cc(F)ccc1[C@H](C)O. The highest BCUT2D eigenvalue weighted by Gasteiger charge is 2.13. The average Bonchev–Trinajstić information content (AvgIpc) is 2.25. The van der Waals surface area contributed by atoms with E-state index in [1.807, 2.05) is 13.8 Å². The smallest absolute Gasteiger partial charge is 0.128 e. The van der Waals surface area contributed by atoms with Crippen molar-refractivity contribution in [2.24, 2.45) is 0 Å². The molecule has 1 N–H and O–H groups in total. The Morgan fingerprint density at radius 3 is 2.44 bits per heavy atom. The van der Waals surface area contributed by atoms with Gasteiger partial charge in [0.2, 0.25) is 0 Å². The third kappa shape index (κ3) is 3.20. The fourth-order valence-electron chi connectivity index (χ4n) is 1.59. The molecule has 3 heteroatoms. The van der Waals surface area contributed by atoms with Gasteiger partial charge in [-0.2, -0.15) is 0 Å². The summed E-state index contributed by atoms with van der Waals surface area (Å²) in [5.74, 6) is 0.106. The Morgan fingerprint density at radius 2 is 1.94 bits per heavy atom. The Hall–Kier alpha value is -1.09. The summed E-state index contributed by atoms with van der Waals surface area (Å²) in [4.78, 5) is 0. The minimum absolute atomic E-state index is 0.0688. The van der Waals surface area contributed by atoms with Crippen molar-refractivity contribution in [3.63, 3.8) is 0 Å². The van der Waals surface area contributed by atoms with E-state index >= 15 is 0 Å². The Morgan fingerprint density at radius 1 is 1.31 bits per heavy atom. The van der Waals surface area contributed by atoms with E-state index in [4.69, 9.17) is 4.74 Å². The van der Waals surface area contributed by atoms with Gasteiger partial charge in [-0.05, 0) is 31.9 Å². The summed E-state index contributed by atoms with van der Waals surface area (Å²) in [6, 6.07) is 4.24. The van der Waals surface area contributed by atoms with Crippen molar-refractivity contribution in [3.05, 3.63) is 29.6 Å². The lowest BCUT2D eigenvalue weighted by molar-refractivity contribution is 0.165. The third-order valence-electron chi connectivity index (χ3n) is 2.63. The first kappa shape index (κ1) is 13.0. The fraction of sp³-hybridized carbons (Fsp3) is 0.538. The predicted molar refractivity (Wildman–Crippen MR) is 62.0 cm³/mol. The molecule has 0 bridgehead atoms. The van der Waals surface area contributed by atoms with Crippen LogP contribution in [0.25, 0.3) is 0 Å². The van der Waals surface area contributed by atoms with Gasteiger partial charge in [0.05, 0.1) is 12.2 Å². The van der Waals surface area contributed by atoms with Crippen molar-refractivity contribution in [2.75, 3.05) is 0 Å². The molecule has 2 nitrogen and oxygen atoms in total. The number of benzene rings is 1. The van der Waals surface area contributed by atoms with Crippen molar-refractivity contribution in [3.8, 4) is 5.75 Å². The highest BCUT2D eigenvalue weighted by Crippen LogP contribution is 2.27. The van der Waals surface area contributed by atoms with Crippen LogP contribution in [0.1, 0.15) is 45.3 Å². The van der Waals surface area contributed by atoms with Crippen LogP contribution in [0.4, 0.5) is 4.39 Å². The molecule has 0 heterocycles. The lowest BCUT2D eigenvalue weighted by Crippen LogP contribution is -2.15. The van der Waals surface area contributed by atoms with Crippen LogP contribution in [-0.2, 0) is 0 Å². The summed E-state index contributed by atoms with van der Waals surface area (Å²) in [7, 11) is 0. The topological polar surface area (TPSA) is 29.5 Å². The number of aliphatic hydroxyl groups is 1. The second-order valence-electron chi connectivity index (χ2n) is 3.91. The summed E-state index contributed by atoms with van der Waals surface area (Å²) in [5.41, 5.74) is 0.633. The Kier molecular flexibility index (Phi) is 4.74. The Labute approximate surface area is 96.1 Å². The van der Waals surface area contributed by atoms with Crippen LogP contribution in [-0.4, -0.2) is 11.2 Å². The maximum Gasteiger partial charge on any atom is 0.128 e. The molecule has 0 aliphatic heterocycles. The van der Waals surface area contributed by atoms with Crippen LogP contribution in [0.3, 0.4) is 0 Å². The maximum atomic E-state index is 13.1. The lowest BCUT2D eigenvalue weighted by Gasteiger charge is -2.19. The molecule has 0 aliphatic carbocycles. The standard InChI is InChI=1S/C13H19FO2/c1-4-11(5-2)16-13-8-10(14)6-7-12(13)9(3)15/h6-9,11,15H,4-5H2,1-3H3/t9-/m0/s1. The van der Waals surface area contributed by atoms with Crippen molar-refractivity contribution in [1.82, 2.24) is 0 Å². The molecule has 0 radical (unpaired) electrons. The summed E-state index contributed by atoms with van der Waals surface area (Å²) in [6.07, 6.45) is 1.16. The van der Waals surface area contributed by atoms with Crippen LogP contribution in [0.5, 0.6) is 5.75 Å². The van der Waals surface area contributed by atoms with Gasteiger partial charge in [0.15, 0.2) is 0 Å². The number of rotatable bonds is 5. The molecule has 1 atom stereocenters. The molecule has 90 valence electrons. The van der Waals surface area contributed by atoms with E-state index in [0.29, 0.717) is 11.3 Å². The van der Waals surface area contributed by atoms with Crippen molar-refractivity contribution >= 4 is 0 Å². The van der Waals surface area contributed by atoms with Gasteiger partial charge in [0, 0.05) is 11.6 Å². The first-order valence-corrected chi connectivity index (χ1v) is 5.72. The first-order chi connectivity index (χ1) is 7.58. The van der Waals surface area contributed by atoms with Gasteiger partial charge in [-0.3, -0.25) is 0 Å². The third-order valence-corrected chi connectivity index (χ3v) is 2.63. The molecule has 0 aliphatic rings. The number of hydrogen-bond acceptors (Lipinski definition) is 2. The van der Waals surface area contributed by atoms with Crippen LogP contribution >= 0.6 is 0 Å². The number of aliphatic hydroxyl groups excluding tert-OH is 1. The molecule has 0 amide bonds. The lowest BCUT2D eigenvalue weighted by atomic mass is 10.1. The second-order valence-corrected chi connectivity index (χ2v) is 3.91. The van der Waals surface area contributed by atoms with Gasteiger partial charge in [0.25, 0.3) is 0 Å². The summed E-state index contributed by atoms with van der Waals surface area (Å²) >= 11 is 0. The van der Waals surface area contributed by atoms with Crippen molar-refractivity contribution < 1.29 is 14.2 Å². The van der Waals surface area contributed by atoms with Gasteiger partial charge < -0.3 is 9.84 Å². The van der Waals surface area contributed by atoms with Gasteiger partial charge >= 0.3 is 0 Å². The Bertz CT molecular complexity index is 333. The molecular weight excluding hydrogens is 207 g/mol. The molecule has 0 spiro atoms. The van der Waals surface area contributed by atoms with E-state index in [1.165, 1.54) is 12.1 Å². The molecule has 0 unspecified atom stereocenters. The van der Waals surface area contributed by atoms with Crippen molar-refractivity contribution in [2.45, 2.75) is 45.8 Å². The first-order valence-electron chi connectivity index (χ1n) is 5.72. The summed E-state index contributed by atoms with van der Waals surface area (Å²) in [6.45, 7) is 5.69. The molecule has 16 heavy (non-hydrogen) atoms. The molecule has 1 aromatic carbocycles. The molecule has 1 aromatic rings. The van der Waals surface area contributed by atoms with E-state index < -0.39 is 6.10 Å². The molecular formula is C13H19FO2. The van der Waals surface area contributed by atoms with Gasteiger partial charge in [0.1, 0.15) is 11.6 Å². The molecule has 0 aromatic heterocycles. The van der Waals surface area contributed by atoms with Crippen LogP contribution in [0.15, 0.2) is 18.2 Å².